The molecule has 7 heteroatoms. The number of carbonyl (C=O) groups is 1. The average Bonchev–Trinajstić information content (AvgIpc) is 3.13. The van der Waals surface area contributed by atoms with Crippen LogP contribution in [-0.4, -0.2) is 35.6 Å². The Bertz CT molecular complexity index is 806. The second-order valence-electron chi connectivity index (χ2n) is 4.92. The van der Waals surface area contributed by atoms with E-state index in [0.717, 1.165) is 5.69 Å². The van der Waals surface area contributed by atoms with Crippen LogP contribution in [0.3, 0.4) is 0 Å². The lowest BCUT2D eigenvalue weighted by Gasteiger charge is -2.09. The minimum atomic E-state index is -0.961. The van der Waals surface area contributed by atoms with E-state index in [2.05, 4.69) is 15.3 Å². The third-order valence-corrected chi connectivity index (χ3v) is 3.34. The molecule has 3 rings (SSSR count). The molecule has 2 heterocycles. The topological polar surface area (TPSA) is 85.8 Å². The van der Waals surface area contributed by atoms with Crippen molar-refractivity contribution in [3.8, 4) is 11.4 Å². The Balaban J connectivity index is 1.88. The molecule has 0 aliphatic rings. The van der Waals surface area contributed by atoms with Crippen LogP contribution in [0.1, 0.15) is 16.1 Å². The molecule has 7 nitrogen and oxygen atoms in total. The van der Waals surface area contributed by atoms with E-state index in [4.69, 9.17) is 0 Å². The van der Waals surface area contributed by atoms with Crippen molar-refractivity contribution in [2.24, 2.45) is 0 Å². The summed E-state index contributed by atoms with van der Waals surface area (Å²) in [6, 6.07) is 6.86. The number of carboxylic acids is 1. The standard InChI is InChI=1S/C15H15N5O2/c1-11-10-20(18-17-11)9-8-19-7-6-16-14(19)12-4-2-3-5-13(12)15(21)22/h2-7,10H,8-9H2,1H3,(H,21,22). The summed E-state index contributed by atoms with van der Waals surface area (Å²) in [7, 11) is 0. The number of imidazole rings is 1. The minimum Gasteiger partial charge on any atom is -0.478 e. The van der Waals surface area contributed by atoms with E-state index in [0.29, 0.717) is 24.5 Å². The van der Waals surface area contributed by atoms with Gasteiger partial charge in [-0.15, -0.1) is 5.10 Å². The summed E-state index contributed by atoms with van der Waals surface area (Å²) < 4.78 is 3.67. The summed E-state index contributed by atoms with van der Waals surface area (Å²) in [6.45, 7) is 3.15. The lowest BCUT2D eigenvalue weighted by molar-refractivity contribution is 0.0697. The third-order valence-electron chi connectivity index (χ3n) is 3.34. The van der Waals surface area contributed by atoms with Gasteiger partial charge in [-0.3, -0.25) is 4.68 Å². The molecule has 0 bridgehead atoms. The molecule has 0 unspecified atom stereocenters. The Hall–Kier alpha value is -2.96. The van der Waals surface area contributed by atoms with Crippen molar-refractivity contribution in [2.75, 3.05) is 0 Å². The van der Waals surface area contributed by atoms with E-state index in [1.165, 1.54) is 0 Å². The summed E-state index contributed by atoms with van der Waals surface area (Å²) in [4.78, 5) is 15.7. The molecule has 3 aromatic rings. The van der Waals surface area contributed by atoms with Gasteiger partial charge in [0.05, 0.1) is 17.8 Å². The number of hydrogen-bond donors (Lipinski definition) is 1. The van der Waals surface area contributed by atoms with Crippen LogP contribution in [0.15, 0.2) is 42.9 Å². The van der Waals surface area contributed by atoms with Crippen molar-refractivity contribution in [2.45, 2.75) is 20.0 Å². The van der Waals surface area contributed by atoms with Crippen LogP contribution < -0.4 is 0 Å². The Labute approximate surface area is 126 Å². The molecule has 22 heavy (non-hydrogen) atoms. The summed E-state index contributed by atoms with van der Waals surface area (Å²) in [5.74, 6) is -0.327. The van der Waals surface area contributed by atoms with E-state index in [-0.39, 0.29) is 5.56 Å². The normalized spacial score (nSPS) is 10.8. The summed E-state index contributed by atoms with van der Waals surface area (Å²) in [5.41, 5.74) is 1.71. The van der Waals surface area contributed by atoms with Gasteiger partial charge in [0, 0.05) is 30.7 Å². The first-order valence-electron chi connectivity index (χ1n) is 6.85. The third kappa shape index (κ3) is 2.73. The SMILES string of the molecule is Cc1cn(CCn2ccnc2-c2ccccc2C(=O)O)nn1. The number of rotatable bonds is 5. The van der Waals surface area contributed by atoms with Crippen LogP contribution in [-0.2, 0) is 13.1 Å². The maximum Gasteiger partial charge on any atom is 0.336 e. The highest BCUT2D eigenvalue weighted by atomic mass is 16.4. The summed E-state index contributed by atoms with van der Waals surface area (Å²) >= 11 is 0. The van der Waals surface area contributed by atoms with Gasteiger partial charge in [0.25, 0.3) is 0 Å². The first-order valence-corrected chi connectivity index (χ1v) is 6.85. The van der Waals surface area contributed by atoms with Gasteiger partial charge in [0.1, 0.15) is 5.82 Å². The molecule has 0 saturated heterocycles. The summed E-state index contributed by atoms with van der Waals surface area (Å²) in [5, 5.41) is 17.3. The van der Waals surface area contributed by atoms with Gasteiger partial charge >= 0.3 is 5.97 Å². The quantitative estimate of drug-likeness (QED) is 0.776. The van der Waals surface area contributed by atoms with E-state index >= 15 is 0 Å². The first kappa shape index (κ1) is 14.0. The van der Waals surface area contributed by atoms with E-state index in [1.807, 2.05) is 30.0 Å². The highest BCUT2D eigenvalue weighted by Gasteiger charge is 2.14. The molecular weight excluding hydrogens is 282 g/mol. The van der Waals surface area contributed by atoms with Gasteiger partial charge in [-0.1, -0.05) is 23.4 Å². The van der Waals surface area contributed by atoms with Crippen molar-refractivity contribution in [3.05, 3.63) is 54.1 Å². The van der Waals surface area contributed by atoms with Crippen LogP contribution in [0.2, 0.25) is 0 Å². The van der Waals surface area contributed by atoms with Gasteiger partial charge in [-0.05, 0) is 13.0 Å². The molecule has 1 aromatic carbocycles. The van der Waals surface area contributed by atoms with Crippen LogP contribution in [0.25, 0.3) is 11.4 Å². The van der Waals surface area contributed by atoms with Gasteiger partial charge in [-0.25, -0.2) is 9.78 Å². The van der Waals surface area contributed by atoms with Crippen molar-refractivity contribution in [1.82, 2.24) is 24.5 Å². The maximum atomic E-state index is 11.4. The second-order valence-corrected chi connectivity index (χ2v) is 4.92. The number of aryl methyl sites for hydroxylation is 3. The fourth-order valence-electron chi connectivity index (χ4n) is 2.31. The molecule has 0 amide bonds. The number of aromatic carboxylic acids is 1. The predicted molar refractivity (Wildman–Crippen MR) is 79.4 cm³/mol. The number of benzene rings is 1. The lowest BCUT2D eigenvalue weighted by Crippen LogP contribution is -2.10. The fourth-order valence-corrected chi connectivity index (χ4v) is 2.31. The zero-order valence-electron chi connectivity index (χ0n) is 12.0. The molecule has 0 saturated carbocycles. The lowest BCUT2D eigenvalue weighted by atomic mass is 10.1. The monoisotopic (exact) mass is 297 g/mol. The average molecular weight is 297 g/mol. The maximum absolute atomic E-state index is 11.4. The van der Waals surface area contributed by atoms with Crippen molar-refractivity contribution >= 4 is 5.97 Å². The molecular formula is C15H15N5O2. The van der Waals surface area contributed by atoms with Gasteiger partial charge in [0.15, 0.2) is 0 Å². The predicted octanol–water partition coefficient (Wildman–Crippen LogP) is 1.85. The van der Waals surface area contributed by atoms with Gasteiger partial charge in [0.2, 0.25) is 0 Å². The zero-order valence-corrected chi connectivity index (χ0v) is 12.0. The molecule has 0 aliphatic carbocycles. The Morgan fingerprint density at radius 1 is 1.27 bits per heavy atom. The smallest absolute Gasteiger partial charge is 0.336 e. The van der Waals surface area contributed by atoms with Crippen molar-refractivity contribution in [3.63, 3.8) is 0 Å². The molecule has 0 aliphatic heterocycles. The number of nitrogens with zero attached hydrogens (tertiary/aromatic N) is 5. The molecule has 1 N–H and O–H groups in total. The van der Waals surface area contributed by atoms with Crippen LogP contribution in [0, 0.1) is 6.92 Å². The molecule has 0 atom stereocenters. The Morgan fingerprint density at radius 3 is 2.82 bits per heavy atom. The fraction of sp³-hybridized carbons (Fsp3) is 0.200. The van der Waals surface area contributed by atoms with Gasteiger partial charge < -0.3 is 9.67 Å². The molecule has 0 fully saturated rings. The van der Waals surface area contributed by atoms with Gasteiger partial charge in [-0.2, -0.15) is 0 Å². The first-order chi connectivity index (χ1) is 10.6. The van der Waals surface area contributed by atoms with E-state index < -0.39 is 5.97 Å². The number of aromatic nitrogens is 5. The van der Waals surface area contributed by atoms with E-state index in [1.54, 1.807) is 29.1 Å². The minimum absolute atomic E-state index is 0.242. The highest BCUT2D eigenvalue weighted by Crippen LogP contribution is 2.22. The van der Waals surface area contributed by atoms with Crippen LogP contribution in [0.5, 0.6) is 0 Å². The van der Waals surface area contributed by atoms with Crippen LogP contribution >= 0.6 is 0 Å². The van der Waals surface area contributed by atoms with Crippen molar-refractivity contribution in [1.29, 1.82) is 0 Å². The Kier molecular flexibility index (Phi) is 3.69. The number of hydrogen-bond acceptors (Lipinski definition) is 4. The van der Waals surface area contributed by atoms with Crippen molar-refractivity contribution < 1.29 is 9.90 Å². The number of carboxylic acid groups (broad SMARTS) is 1. The highest BCUT2D eigenvalue weighted by molar-refractivity contribution is 5.94. The molecule has 112 valence electrons. The zero-order chi connectivity index (χ0) is 15.5. The molecule has 0 spiro atoms. The van der Waals surface area contributed by atoms with E-state index in [9.17, 15) is 9.90 Å². The van der Waals surface area contributed by atoms with Crippen LogP contribution in [0.4, 0.5) is 0 Å². The Morgan fingerprint density at radius 2 is 2.09 bits per heavy atom. The molecule has 2 aromatic heterocycles. The second kappa shape index (κ2) is 5.80. The summed E-state index contributed by atoms with van der Waals surface area (Å²) in [6.07, 6.45) is 5.36. The molecule has 0 radical (unpaired) electrons. The largest absolute Gasteiger partial charge is 0.478 e.